The summed E-state index contributed by atoms with van der Waals surface area (Å²) in [5, 5.41) is 3.10. The molecule has 138 valence electrons. The smallest absolute Gasteiger partial charge is 0.306 e. The number of aliphatic imine (C=N–C) groups is 1. The number of nitrogens with one attached hydrogen (secondary N) is 1. The number of unbranched alkanes of at least 4 members (excludes halogenated alkanes) is 1. The molecular formula is C21H27N3O2. The molecule has 0 fully saturated rings. The Morgan fingerprint density at radius 2 is 1.77 bits per heavy atom. The average Bonchev–Trinajstić information content (AvgIpc) is 2.59. The van der Waals surface area contributed by atoms with Gasteiger partial charge in [0.25, 0.3) is 0 Å². The Labute approximate surface area is 155 Å². The fourth-order valence-corrected chi connectivity index (χ4v) is 2.63. The summed E-state index contributed by atoms with van der Waals surface area (Å²) in [7, 11) is 0. The molecule has 0 aliphatic heterocycles. The first-order valence-corrected chi connectivity index (χ1v) is 8.88. The first kappa shape index (κ1) is 19.5. The molecule has 0 spiro atoms. The summed E-state index contributed by atoms with van der Waals surface area (Å²) in [6.45, 7) is 4.99. The van der Waals surface area contributed by atoms with Crippen molar-refractivity contribution in [2.75, 3.05) is 11.9 Å². The minimum atomic E-state index is -0.181. The molecule has 0 aromatic heterocycles. The van der Waals surface area contributed by atoms with Crippen molar-refractivity contribution in [1.29, 1.82) is 0 Å². The Kier molecular flexibility index (Phi) is 7.68. The van der Waals surface area contributed by atoms with Crippen molar-refractivity contribution in [2.24, 2.45) is 10.7 Å². The first-order valence-electron chi connectivity index (χ1n) is 8.88. The maximum absolute atomic E-state index is 11.7. The zero-order valence-corrected chi connectivity index (χ0v) is 15.5. The van der Waals surface area contributed by atoms with E-state index in [0.717, 1.165) is 24.1 Å². The average molecular weight is 353 g/mol. The van der Waals surface area contributed by atoms with Gasteiger partial charge in [-0.15, -0.1) is 0 Å². The van der Waals surface area contributed by atoms with Crippen molar-refractivity contribution in [1.82, 2.24) is 0 Å². The molecule has 0 amide bonds. The lowest BCUT2D eigenvalue weighted by molar-refractivity contribution is -0.145. The number of carbonyl (C=O) groups is 1. The minimum Gasteiger partial charge on any atom is -0.461 e. The van der Waals surface area contributed by atoms with Gasteiger partial charge in [0.15, 0.2) is 5.96 Å². The molecule has 0 aliphatic rings. The van der Waals surface area contributed by atoms with E-state index in [2.05, 4.69) is 16.4 Å². The van der Waals surface area contributed by atoms with Crippen LogP contribution >= 0.6 is 0 Å². The van der Waals surface area contributed by atoms with Crippen molar-refractivity contribution in [3.63, 3.8) is 0 Å². The maximum atomic E-state index is 11.7. The summed E-state index contributed by atoms with van der Waals surface area (Å²) >= 11 is 0. The Morgan fingerprint density at radius 1 is 1.08 bits per heavy atom. The third-order valence-electron chi connectivity index (χ3n) is 3.81. The lowest BCUT2D eigenvalue weighted by atomic mass is 10.1. The van der Waals surface area contributed by atoms with Crippen LogP contribution in [-0.4, -0.2) is 18.5 Å². The van der Waals surface area contributed by atoms with Gasteiger partial charge in [-0.1, -0.05) is 36.4 Å². The number of anilines is 1. The van der Waals surface area contributed by atoms with Gasteiger partial charge in [-0.25, -0.2) is 0 Å². The Bertz CT molecular complexity index is 722. The molecule has 0 heterocycles. The highest BCUT2D eigenvalue weighted by Crippen LogP contribution is 2.13. The number of esters is 1. The van der Waals surface area contributed by atoms with E-state index in [-0.39, 0.29) is 5.97 Å². The number of hydrogen-bond acceptors (Lipinski definition) is 3. The highest BCUT2D eigenvalue weighted by molar-refractivity contribution is 5.92. The van der Waals surface area contributed by atoms with Gasteiger partial charge in [-0.3, -0.25) is 9.79 Å². The van der Waals surface area contributed by atoms with Crippen molar-refractivity contribution in [3.05, 3.63) is 65.2 Å². The van der Waals surface area contributed by atoms with Gasteiger partial charge in [-0.05, 0) is 55.5 Å². The highest BCUT2D eigenvalue weighted by atomic mass is 16.5. The number of rotatable bonds is 8. The third kappa shape index (κ3) is 7.38. The van der Waals surface area contributed by atoms with E-state index in [9.17, 15) is 4.79 Å². The van der Waals surface area contributed by atoms with Crippen LogP contribution in [0.3, 0.4) is 0 Å². The lowest BCUT2D eigenvalue weighted by Gasteiger charge is -2.08. The van der Waals surface area contributed by atoms with Crippen LogP contribution < -0.4 is 11.1 Å². The van der Waals surface area contributed by atoms with Gasteiger partial charge in [0.1, 0.15) is 6.61 Å². The number of ether oxygens (including phenoxy) is 1. The van der Waals surface area contributed by atoms with Gasteiger partial charge < -0.3 is 15.8 Å². The number of carbonyl (C=O) groups excluding carboxylic acids is 1. The second-order valence-electron chi connectivity index (χ2n) is 6.37. The number of nitrogens with two attached hydrogens (primary N) is 1. The molecule has 0 saturated heterocycles. The summed E-state index contributed by atoms with van der Waals surface area (Å²) in [5.74, 6) is 0.209. The molecule has 0 saturated carbocycles. The molecular weight excluding hydrogens is 326 g/mol. The molecule has 0 unspecified atom stereocenters. The van der Waals surface area contributed by atoms with Crippen LogP contribution in [0.1, 0.15) is 36.0 Å². The molecule has 0 radical (unpaired) electrons. The van der Waals surface area contributed by atoms with E-state index >= 15 is 0 Å². The van der Waals surface area contributed by atoms with Gasteiger partial charge >= 0.3 is 5.97 Å². The van der Waals surface area contributed by atoms with Crippen LogP contribution in [0.25, 0.3) is 0 Å². The third-order valence-corrected chi connectivity index (χ3v) is 3.81. The maximum Gasteiger partial charge on any atom is 0.306 e. The number of guanidine groups is 1. The lowest BCUT2D eigenvalue weighted by Crippen LogP contribution is -2.23. The number of aryl methyl sites for hydroxylation is 2. The fraction of sp³-hybridized carbons (Fsp3) is 0.333. The van der Waals surface area contributed by atoms with E-state index in [0.29, 0.717) is 25.5 Å². The molecule has 2 rings (SSSR count). The number of hydrogen-bond donors (Lipinski definition) is 2. The second-order valence-corrected chi connectivity index (χ2v) is 6.37. The van der Waals surface area contributed by atoms with Crippen molar-refractivity contribution in [2.45, 2.75) is 39.7 Å². The van der Waals surface area contributed by atoms with Crippen LogP contribution in [0.4, 0.5) is 5.69 Å². The predicted molar refractivity (Wildman–Crippen MR) is 106 cm³/mol. The molecule has 0 bridgehead atoms. The standard InChI is InChI=1S/C21H27N3O2/c1-16-12-17(2)14-19(13-16)24-21(22)23-11-7-6-10-20(25)26-15-18-8-4-3-5-9-18/h3-5,8-9,12-14H,6-7,10-11,15H2,1-2H3,(H3,22,23,24). The molecule has 5 heteroatoms. The SMILES string of the molecule is Cc1cc(C)cc(NC(N)=NCCCCC(=O)OCc2ccccc2)c1. The largest absolute Gasteiger partial charge is 0.461 e. The van der Waals surface area contributed by atoms with Gasteiger partial charge in [0, 0.05) is 18.7 Å². The normalized spacial score (nSPS) is 11.2. The van der Waals surface area contributed by atoms with Crippen LogP contribution in [0.2, 0.25) is 0 Å². The van der Waals surface area contributed by atoms with E-state index in [1.54, 1.807) is 0 Å². The molecule has 26 heavy (non-hydrogen) atoms. The Morgan fingerprint density at radius 3 is 2.46 bits per heavy atom. The highest BCUT2D eigenvalue weighted by Gasteiger charge is 2.03. The first-order chi connectivity index (χ1) is 12.5. The van der Waals surface area contributed by atoms with Crippen molar-refractivity contribution < 1.29 is 9.53 Å². The summed E-state index contributed by atoms with van der Waals surface area (Å²) in [6.07, 6.45) is 1.91. The van der Waals surface area contributed by atoms with Crippen LogP contribution in [0, 0.1) is 13.8 Å². The Hall–Kier alpha value is -2.82. The fourth-order valence-electron chi connectivity index (χ4n) is 2.63. The summed E-state index contributed by atoms with van der Waals surface area (Å²) < 4.78 is 5.25. The van der Waals surface area contributed by atoms with E-state index < -0.39 is 0 Å². The van der Waals surface area contributed by atoms with Crippen LogP contribution in [0.15, 0.2) is 53.5 Å². The molecule has 0 aliphatic carbocycles. The molecule has 5 nitrogen and oxygen atoms in total. The van der Waals surface area contributed by atoms with Crippen molar-refractivity contribution >= 4 is 17.6 Å². The van der Waals surface area contributed by atoms with Gasteiger partial charge in [0.05, 0.1) is 0 Å². The van der Waals surface area contributed by atoms with Gasteiger partial charge in [-0.2, -0.15) is 0 Å². The summed E-state index contributed by atoms with van der Waals surface area (Å²) in [6, 6.07) is 15.8. The minimum absolute atomic E-state index is 0.181. The summed E-state index contributed by atoms with van der Waals surface area (Å²) in [4.78, 5) is 16.0. The predicted octanol–water partition coefficient (Wildman–Crippen LogP) is 3.94. The molecule has 3 N–H and O–H groups in total. The molecule has 2 aromatic carbocycles. The molecule has 2 aromatic rings. The zero-order valence-electron chi connectivity index (χ0n) is 15.5. The topological polar surface area (TPSA) is 76.7 Å². The van der Waals surface area contributed by atoms with Gasteiger partial charge in [0.2, 0.25) is 0 Å². The Balaban J connectivity index is 1.62. The number of nitrogens with zero attached hydrogens (tertiary/aromatic N) is 1. The van der Waals surface area contributed by atoms with Crippen molar-refractivity contribution in [3.8, 4) is 0 Å². The summed E-state index contributed by atoms with van der Waals surface area (Å²) in [5.41, 5.74) is 10.2. The monoisotopic (exact) mass is 353 g/mol. The van der Waals surface area contributed by atoms with E-state index in [1.807, 2.05) is 56.3 Å². The zero-order chi connectivity index (χ0) is 18.8. The number of benzene rings is 2. The quantitative estimate of drug-likeness (QED) is 0.326. The second kappa shape index (κ2) is 10.2. The molecule has 0 atom stereocenters. The van der Waals surface area contributed by atoms with Crippen LogP contribution in [-0.2, 0) is 16.1 Å². The van der Waals surface area contributed by atoms with E-state index in [1.165, 1.54) is 11.1 Å². The van der Waals surface area contributed by atoms with Crippen LogP contribution in [0.5, 0.6) is 0 Å². The van der Waals surface area contributed by atoms with E-state index in [4.69, 9.17) is 10.5 Å².